The summed E-state index contributed by atoms with van der Waals surface area (Å²) in [7, 11) is 0. The minimum absolute atomic E-state index is 0.311. The van der Waals surface area contributed by atoms with Crippen LogP contribution >= 0.6 is 11.6 Å². The summed E-state index contributed by atoms with van der Waals surface area (Å²) in [5.74, 6) is 0.644. The van der Waals surface area contributed by atoms with Gasteiger partial charge in [0.15, 0.2) is 5.22 Å². The van der Waals surface area contributed by atoms with Crippen molar-refractivity contribution in [3.63, 3.8) is 0 Å². The van der Waals surface area contributed by atoms with Crippen LogP contribution in [-0.4, -0.2) is 6.54 Å². The second-order valence-corrected chi connectivity index (χ2v) is 4.23. The molecule has 1 unspecified atom stereocenters. The van der Waals surface area contributed by atoms with Gasteiger partial charge in [-0.25, -0.2) is 0 Å². The van der Waals surface area contributed by atoms with Gasteiger partial charge in [0, 0.05) is 11.6 Å². The maximum absolute atomic E-state index is 5.95. The van der Waals surface area contributed by atoms with Gasteiger partial charge >= 0.3 is 0 Å². The molecule has 0 spiro atoms. The van der Waals surface area contributed by atoms with E-state index >= 15 is 0 Å². The van der Waals surface area contributed by atoms with E-state index in [0.29, 0.717) is 17.2 Å². The minimum atomic E-state index is 0.311. The van der Waals surface area contributed by atoms with E-state index < -0.39 is 0 Å². The van der Waals surface area contributed by atoms with E-state index in [-0.39, 0.29) is 0 Å². The third kappa shape index (κ3) is 3.03. The summed E-state index contributed by atoms with van der Waals surface area (Å²) in [6, 6.07) is 2.25. The van der Waals surface area contributed by atoms with Crippen molar-refractivity contribution in [2.24, 2.45) is 5.92 Å². The lowest BCUT2D eigenvalue weighted by Crippen LogP contribution is -2.22. The lowest BCUT2D eigenvalue weighted by Gasteiger charge is -2.18. The molecule has 0 amide bonds. The summed E-state index contributed by atoms with van der Waals surface area (Å²) in [4.78, 5) is 0. The Hall–Kier alpha value is -0.470. The van der Waals surface area contributed by atoms with Gasteiger partial charge in [-0.3, -0.25) is 0 Å². The molecule has 0 aliphatic rings. The molecule has 0 bridgehead atoms. The van der Waals surface area contributed by atoms with Crippen LogP contribution in [0.1, 0.15) is 38.8 Å². The van der Waals surface area contributed by atoms with Gasteiger partial charge in [-0.15, -0.1) is 0 Å². The molecule has 0 aromatic carbocycles. The van der Waals surface area contributed by atoms with Crippen molar-refractivity contribution >= 4 is 11.6 Å². The molecule has 3 heteroatoms. The summed E-state index contributed by atoms with van der Waals surface area (Å²) < 4.78 is 5.10. The highest BCUT2D eigenvalue weighted by Gasteiger charge is 2.16. The van der Waals surface area contributed by atoms with Crippen LogP contribution in [0, 0.1) is 5.92 Å². The highest BCUT2D eigenvalue weighted by Crippen LogP contribution is 2.28. The van der Waals surface area contributed by atoms with Gasteiger partial charge < -0.3 is 9.73 Å². The third-order valence-electron chi connectivity index (χ3n) is 2.18. The van der Waals surface area contributed by atoms with Crippen LogP contribution in [-0.2, 0) is 0 Å². The maximum Gasteiger partial charge on any atom is 0.197 e. The van der Waals surface area contributed by atoms with Gasteiger partial charge in [0.05, 0.1) is 6.26 Å². The maximum atomic E-state index is 5.95. The highest BCUT2D eigenvalue weighted by atomic mass is 35.5. The summed E-state index contributed by atoms with van der Waals surface area (Å²) in [6.45, 7) is 7.46. The smallest absolute Gasteiger partial charge is 0.197 e. The number of furan rings is 1. The number of halogens is 1. The Kier molecular flexibility index (Phi) is 4.49. The van der Waals surface area contributed by atoms with Gasteiger partial charge in [0.25, 0.3) is 0 Å². The van der Waals surface area contributed by atoms with E-state index in [2.05, 4.69) is 26.1 Å². The number of nitrogens with one attached hydrogen (secondary N) is 1. The lowest BCUT2D eigenvalue weighted by molar-refractivity contribution is 0.434. The monoisotopic (exact) mass is 215 g/mol. The van der Waals surface area contributed by atoms with Gasteiger partial charge in [-0.2, -0.15) is 0 Å². The zero-order valence-corrected chi connectivity index (χ0v) is 9.77. The molecular weight excluding hydrogens is 198 g/mol. The molecule has 0 radical (unpaired) electrons. The molecule has 1 heterocycles. The fourth-order valence-electron chi connectivity index (χ4n) is 1.59. The Morgan fingerprint density at radius 3 is 2.64 bits per heavy atom. The van der Waals surface area contributed by atoms with Crippen LogP contribution in [0.25, 0.3) is 0 Å². The fourth-order valence-corrected chi connectivity index (χ4v) is 1.84. The number of hydrogen-bond acceptors (Lipinski definition) is 2. The van der Waals surface area contributed by atoms with E-state index in [0.717, 1.165) is 18.5 Å². The van der Waals surface area contributed by atoms with Crippen LogP contribution in [0.15, 0.2) is 16.7 Å². The molecule has 80 valence electrons. The second-order valence-electron chi connectivity index (χ2n) is 3.89. The zero-order chi connectivity index (χ0) is 10.6. The van der Waals surface area contributed by atoms with E-state index in [9.17, 15) is 0 Å². The molecular formula is C11H18ClNO. The van der Waals surface area contributed by atoms with Gasteiger partial charge in [-0.1, -0.05) is 20.8 Å². The largest absolute Gasteiger partial charge is 0.453 e. The zero-order valence-electron chi connectivity index (χ0n) is 9.01. The molecule has 1 aromatic heterocycles. The molecule has 1 N–H and O–H groups in total. The Bertz CT molecular complexity index is 270. The van der Waals surface area contributed by atoms with Gasteiger partial charge in [0.2, 0.25) is 0 Å². The molecule has 0 aliphatic heterocycles. The van der Waals surface area contributed by atoms with Crippen molar-refractivity contribution in [3.8, 4) is 0 Å². The summed E-state index contributed by atoms with van der Waals surface area (Å²) in [5.41, 5.74) is 1.07. The molecule has 0 fully saturated rings. The Morgan fingerprint density at radius 1 is 1.50 bits per heavy atom. The van der Waals surface area contributed by atoms with E-state index in [1.165, 1.54) is 0 Å². The van der Waals surface area contributed by atoms with Crippen molar-refractivity contribution in [2.45, 2.75) is 33.2 Å². The van der Waals surface area contributed by atoms with Crippen LogP contribution in [0.5, 0.6) is 0 Å². The number of rotatable bonds is 5. The topological polar surface area (TPSA) is 25.2 Å². The van der Waals surface area contributed by atoms with Crippen LogP contribution < -0.4 is 5.32 Å². The minimum Gasteiger partial charge on any atom is -0.453 e. The van der Waals surface area contributed by atoms with Crippen molar-refractivity contribution in [2.75, 3.05) is 6.54 Å². The summed E-state index contributed by atoms with van der Waals surface area (Å²) in [6.07, 6.45) is 2.72. The van der Waals surface area contributed by atoms with Crippen molar-refractivity contribution in [3.05, 3.63) is 23.1 Å². The standard InChI is InChI=1S/C11H18ClNO/c1-4-13-10(7-8(2)3)9-5-6-14-11(9)12/h5-6,8,10,13H,4,7H2,1-3H3. The fraction of sp³-hybridized carbons (Fsp3) is 0.636. The predicted molar refractivity (Wildman–Crippen MR) is 59.6 cm³/mol. The molecule has 0 aliphatic carbocycles. The van der Waals surface area contributed by atoms with Crippen molar-refractivity contribution in [1.29, 1.82) is 0 Å². The molecule has 14 heavy (non-hydrogen) atoms. The van der Waals surface area contributed by atoms with E-state index in [4.69, 9.17) is 16.0 Å². The van der Waals surface area contributed by atoms with Crippen LogP contribution in [0.4, 0.5) is 0 Å². The first-order valence-electron chi connectivity index (χ1n) is 5.11. The second kappa shape index (κ2) is 5.42. The predicted octanol–water partition coefficient (Wildman–Crippen LogP) is 3.63. The average molecular weight is 216 g/mol. The van der Waals surface area contributed by atoms with Gasteiger partial charge in [0.1, 0.15) is 0 Å². The van der Waals surface area contributed by atoms with E-state index in [1.54, 1.807) is 6.26 Å². The van der Waals surface area contributed by atoms with Crippen molar-refractivity contribution in [1.82, 2.24) is 5.32 Å². The SMILES string of the molecule is CCNC(CC(C)C)c1ccoc1Cl. The first-order chi connectivity index (χ1) is 6.65. The third-order valence-corrected chi connectivity index (χ3v) is 2.49. The first-order valence-corrected chi connectivity index (χ1v) is 5.49. The normalized spacial score (nSPS) is 13.5. The molecule has 0 saturated carbocycles. The molecule has 2 nitrogen and oxygen atoms in total. The Morgan fingerprint density at radius 2 is 2.21 bits per heavy atom. The first kappa shape index (κ1) is 11.6. The Balaban J connectivity index is 2.72. The van der Waals surface area contributed by atoms with Crippen molar-refractivity contribution < 1.29 is 4.42 Å². The molecule has 1 rings (SSSR count). The molecule has 1 atom stereocenters. The summed E-state index contributed by atoms with van der Waals surface area (Å²) >= 11 is 5.95. The van der Waals surface area contributed by atoms with Crippen LogP contribution in [0.2, 0.25) is 5.22 Å². The highest BCUT2D eigenvalue weighted by molar-refractivity contribution is 6.29. The van der Waals surface area contributed by atoms with E-state index in [1.807, 2.05) is 6.07 Å². The molecule has 1 aromatic rings. The average Bonchev–Trinajstić information content (AvgIpc) is 2.50. The Labute approximate surface area is 90.6 Å². The number of hydrogen-bond donors (Lipinski definition) is 1. The quantitative estimate of drug-likeness (QED) is 0.812. The van der Waals surface area contributed by atoms with Gasteiger partial charge in [-0.05, 0) is 36.6 Å². The van der Waals surface area contributed by atoms with Crippen LogP contribution in [0.3, 0.4) is 0 Å². The molecule has 0 saturated heterocycles. The summed E-state index contributed by atoms with van der Waals surface area (Å²) in [5, 5.41) is 3.92. The lowest BCUT2D eigenvalue weighted by atomic mass is 9.99.